The van der Waals surface area contributed by atoms with E-state index >= 15 is 0 Å². The molecule has 4 nitrogen and oxygen atoms in total. The van der Waals surface area contributed by atoms with Crippen molar-refractivity contribution in [3.8, 4) is 0 Å². The molecule has 0 radical (unpaired) electrons. The van der Waals surface area contributed by atoms with E-state index in [0.29, 0.717) is 19.8 Å². The third kappa shape index (κ3) is 3.93. The maximum Gasteiger partial charge on any atom is 0.183 e. The molecule has 0 bridgehead atoms. The van der Waals surface area contributed by atoms with Gasteiger partial charge in [0.25, 0.3) is 0 Å². The number of hydrogen-bond donors (Lipinski definition) is 1. The molecule has 1 heterocycles. The molecule has 0 amide bonds. The fraction of sp³-hybridized carbons (Fsp3) is 0.333. The highest BCUT2D eigenvalue weighted by Gasteiger charge is 2.38. The van der Waals surface area contributed by atoms with E-state index in [1.54, 1.807) is 0 Å². The molecular formula is C18H20O4. The van der Waals surface area contributed by atoms with Crippen molar-refractivity contribution in [3.63, 3.8) is 0 Å². The zero-order chi connectivity index (χ0) is 15.2. The summed E-state index contributed by atoms with van der Waals surface area (Å²) in [4.78, 5) is 0. The van der Waals surface area contributed by atoms with Gasteiger partial charge in [-0.1, -0.05) is 60.7 Å². The van der Waals surface area contributed by atoms with Crippen LogP contribution in [0.5, 0.6) is 0 Å². The van der Waals surface area contributed by atoms with Crippen molar-refractivity contribution < 1.29 is 19.3 Å². The summed E-state index contributed by atoms with van der Waals surface area (Å²) in [6.07, 6.45) is -1.67. The Morgan fingerprint density at radius 3 is 2.00 bits per heavy atom. The molecule has 1 unspecified atom stereocenters. The number of aliphatic hydroxyl groups excluding tert-OH is 1. The standard InChI is InChI=1S/C18H20O4/c19-18-17(21-12-15-9-5-2-6-10-15)16(13-22-18)20-11-14-7-3-1-4-8-14/h1-10,16-19H,11-13H2/t16-,17+,18?/m1/s1. The Labute approximate surface area is 130 Å². The second-order valence-corrected chi connectivity index (χ2v) is 5.32. The second kappa shape index (κ2) is 7.51. The molecule has 3 atom stereocenters. The minimum Gasteiger partial charge on any atom is -0.368 e. The lowest BCUT2D eigenvalue weighted by Crippen LogP contribution is -2.34. The van der Waals surface area contributed by atoms with E-state index < -0.39 is 12.4 Å². The fourth-order valence-electron chi connectivity index (χ4n) is 2.44. The summed E-state index contributed by atoms with van der Waals surface area (Å²) in [6, 6.07) is 19.8. The highest BCUT2D eigenvalue weighted by molar-refractivity contribution is 5.14. The van der Waals surface area contributed by atoms with Gasteiger partial charge in [0.15, 0.2) is 6.29 Å². The summed E-state index contributed by atoms with van der Waals surface area (Å²) in [6.45, 7) is 1.25. The predicted molar refractivity (Wildman–Crippen MR) is 82.0 cm³/mol. The first kappa shape index (κ1) is 15.2. The van der Waals surface area contributed by atoms with Gasteiger partial charge in [0, 0.05) is 0 Å². The monoisotopic (exact) mass is 300 g/mol. The SMILES string of the molecule is OC1OC[C@@H](OCc2ccccc2)[C@@H]1OCc1ccccc1. The van der Waals surface area contributed by atoms with Gasteiger partial charge >= 0.3 is 0 Å². The van der Waals surface area contributed by atoms with Crippen molar-refractivity contribution in [3.05, 3.63) is 71.8 Å². The summed E-state index contributed by atoms with van der Waals surface area (Å²) in [7, 11) is 0. The van der Waals surface area contributed by atoms with Crippen molar-refractivity contribution in [2.24, 2.45) is 0 Å². The highest BCUT2D eigenvalue weighted by atomic mass is 16.7. The van der Waals surface area contributed by atoms with E-state index in [0.717, 1.165) is 11.1 Å². The van der Waals surface area contributed by atoms with E-state index in [-0.39, 0.29) is 6.10 Å². The van der Waals surface area contributed by atoms with Crippen LogP contribution in [0.3, 0.4) is 0 Å². The van der Waals surface area contributed by atoms with Crippen LogP contribution in [-0.2, 0) is 27.4 Å². The van der Waals surface area contributed by atoms with Gasteiger partial charge in [0.05, 0.1) is 19.8 Å². The van der Waals surface area contributed by atoms with Crippen LogP contribution in [0.1, 0.15) is 11.1 Å². The minimum atomic E-state index is -0.940. The Hall–Kier alpha value is -1.72. The fourth-order valence-corrected chi connectivity index (χ4v) is 2.44. The Bertz CT molecular complexity index is 558. The largest absolute Gasteiger partial charge is 0.368 e. The topological polar surface area (TPSA) is 47.9 Å². The molecule has 1 N–H and O–H groups in total. The number of ether oxygens (including phenoxy) is 3. The van der Waals surface area contributed by atoms with Crippen molar-refractivity contribution in [2.75, 3.05) is 6.61 Å². The van der Waals surface area contributed by atoms with E-state index in [1.165, 1.54) is 0 Å². The first-order chi connectivity index (χ1) is 10.8. The second-order valence-electron chi connectivity index (χ2n) is 5.32. The smallest absolute Gasteiger partial charge is 0.183 e. The number of aliphatic hydroxyl groups is 1. The number of hydrogen-bond acceptors (Lipinski definition) is 4. The van der Waals surface area contributed by atoms with Gasteiger partial charge in [0.1, 0.15) is 12.2 Å². The molecule has 1 fully saturated rings. The molecule has 4 heteroatoms. The molecule has 1 saturated heterocycles. The quantitative estimate of drug-likeness (QED) is 0.890. The van der Waals surface area contributed by atoms with Gasteiger partial charge in [-0.05, 0) is 11.1 Å². The third-order valence-corrected chi connectivity index (χ3v) is 3.67. The first-order valence-corrected chi connectivity index (χ1v) is 7.43. The zero-order valence-electron chi connectivity index (χ0n) is 12.3. The summed E-state index contributed by atoms with van der Waals surface area (Å²) >= 11 is 0. The summed E-state index contributed by atoms with van der Waals surface area (Å²) in [5.74, 6) is 0. The van der Waals surface area contributed by atoms with Crippen molar-refractivity contribution in [1.29, 1.82) is 0 Å². The molecule has 0 saturated carbocycles. The molecular weight excluding hydrogens is 280 g/mol. The van der Waals surface area contributed by atoms with E-state index in [1.807, 2.05) is 60.7 Å². The molecule has 0 aliphatic carbocycles. The molecule has 3 rings (SSSR count). The van der Waals surface area contributed by atoms with Gasteiger partial charge in [-0.25, -0.2) is 0 Å². The van der Waals surface area contributed by atoms with Gasteiger partial charge in [0.2, 0.25) is 0 Å². The van der Waals surface area contributed by atoms with Crippen LogP contribution in [-0.4, -0.2) is 30.2 Å². The van der Waals surface area contributed by atoms with Gasteiger partial charge < -0.3 is 19.3 Å². The van der Waals surface area contributed by atoms with Crippen LogP contribution < -0.4 is 0 Å². The van der Waals surface area contributed by atoms with Crippen LogP contribution in [0, 0.1) is 0 Å². The van der Waals surface area contributed by atoms with Crippen LogP contribution in [0.2, 0.25) is 0 Å². The molecule has 2 aromatic rings. The molecule has 0 spiro atoms. The molecule has 2 aromatic carbocycles. The van der Waals surface area contributed by atoms with Gasteiger partial charge in [-0.15, -0.1) is 0 Å². The van der Waals surface area contributed by atoms with Crippen molar-refractivity contribution in [2.45, 2.75) is 31.7 Å². The third-order valence-electron chi connectivity index (χ3n) is 3.67. The summed E-state index contributed by atoms with van der Waals surface area (Å²) in [5.41, 5.74) is 2.15. The Morgan fingerprint density at radius 2 is 1.41 bits per heavy atom. The Kier molecular flexibility index (Phi) is 5.19. The molecule has 22 heavy (non-hydrogen) atoms. The number of rotatable bonds is 6. The lowest BCUT2D eigenvalue weighted by molar-refractivity contribution is -0.143. The summed E-state index contributed by atoms with van der Waals surface area (Å²) in [5, 5.41) is 9.91. The van der Waals surface area contributed by atoms with E-state index in [4.69, 9.17) is 14.2 Å². The van der Waals surface area contributed by atoms with Crippen molar-refractivity contribution >= 4 is 0 Å². The van der Waals surface area contributed by atoms with Gasteiger partial charge in [-0.2, -0.15) is 0 Å². The van der Waals surface area contributed by atoms with Crippen LogP contribution in [0.4, 0.5) is 0 Å². The molecule has 1 aliphatic heterocycles. The first-order valence-electron chi connectivity index (χ1n) is 7.43. The average Bonchev–Trinajstić information content (AvgIpc) is 2.93. The van der Waals surface area contributed by atoms with Gasteiger partial charge in [-0.3, -0.25) is 0 Å². The summed E-state index contributed by atoms with van der Waals surface area (Å²) < 4.78 is 16.9. The maximum atomic E-state index is 9.91. The molecule has 0 aromatic heterocycles. The molecule has 116 valence electrons. The maximum absolute atomic E-state index is 9.91. The predicted octanol–water partition coefficient (Wildman–Crippen LogP) is 2.51. The normalized spacial score (nSPS) is 24.5. The minimum absolute atomic E-state index is 0.265. The van der Waals surface area contributed by atoms with Crippen molar-refractivity contribution in [1.82, 2.24) is 0 Å². The molecule has 1 aliphatic rings. The lowest BCUT2D eigenvalue weighted by atomic mass is 10.2. The zero-order valence-corrected chi connectivity index (χ0v) is 12.3. The lowest BCUT2D eigenvalue weighted by Gasteiger charge is -2.21. The van der Waals surface area contributed by atoms with Crippen LogP contribution in [0.15, 0.2) is 60.7 Å². The number of benzene rings is 2. The van der Waals surface area contributed by atoms with E-state index in [2.05, 4.69) is 0 Å². The van der Waals surface area contributed by atoms with Crippen LogP contribution >= 0.6 is 0 Å². The average molecular weight is 300 g/mol. The highest BCUT2D eigenvalue weighted by Crippen LogP contribution is 2.21. The Balaban J connectivity index is 1.54. The van der Waals surface area contributed by atoms with E-state index in [9.17, 15) is 5.11 Å². The van der Waals surface area contributed by atoms with Crippen LogP contribution in [0.25, 0.3) is 0 Å². The Morgan fingerprint density at radius 1 is 0.864 bits per heavy atom.